The van der Waals surface area contributed by atoms with Gasteiger partial charge in [0.25, 0.3) is 0 Å². The highest BCUT2D eigenvalue weighted by Gasteiger charge is 2.30. The average Bonchev–Trinajstić information content (AvgIpc) is 3.34. The number of hydrogen-bond donors (Lipinski definition) is 0. The van der Waals surface area contributed by atoms with Crippen molar-refractivity contribution in [2.45, 2.75) is 31.6 Å². The Morgan fingerprint density at radius 2 is 1.50 bits per heavy atom. The summed E-state index contributed by atoms with van der Waals surface area (Å²) >= 11 is 0. The molecule has 1 fully saturated rings. The van der Waals surface area contributed by atoms with E-state index in [1.807, 2.05) is 0 Å². The van der Waals surface area contributed by atoms with Gasteiger partial charge in [-0.3, -0.25) is 0 Å². The number of piperidine rings is 1. The molecular weight excluding hydrogens is 458 g/mol. The van der Waals surface area contributed by atoms with Crippen LogP contribution in [0.5, 0.6) is 17.2 Å². The van der Waals surface area contributed by atoms with Crippen molar-refractivity contribution < 1.29 is 27.0 Å². The summed E-state index contributed by atoms with van der Waals surface area (Å²) in [5.74, 6) is 2.35. The fourth-order valence-corrected chi connectivity index (χ4v) is 5.76. The summed E-state index contributed by atoms with van der Waals surface area (Å²) < 4.78 is 50.3. The highest BCUT2D eigenvalue weighted by molar-refractivity contribution is 7.89. The molecule has 34 heavy (non-hydrogen) atoms. The Kier molecular flexibility index (Phi) is 6.81. The maximum Gasteiger partial charge on any atom is 0.248 e. The van der Waals surface area contributed by atoms with Gasteiger partial charge in [-0.1, -0.05) is 13.0 Å². The topological polar surface area (TPSA) is 104 Å². The zero-order valence-electron chi connectivity index (χ0n) is 20.0. The molecule has 0 atom stereocenters. The zero-order valence-corrected chi connectivity index (χ0v) is 20.8. The third-order valence-corrected chi connectivity index (χ3v) is 8.17. The maximum absolute atomic E-state index is 13.3. The van der Waals surface area contributed by atoms with Gasteiger partial charge in [-0.25, -0.2) is 8.42 Å². The van der Waals surface area contributed by atoms with E-state index < -0.39 is 10.0 Å². The number of ether oxygens (including phenoxy) is 3. The first-order valence-corrected chi connectivity index (χ1v) is 12.5. The molecule has 0 bridgehead atoms. The van der Waals surface area contributed by atoms with Crippen LogP contribution in [-0.2, 0) is 10.0 Å². The van der Waals surface area contributed by atoms with Crippen LogP contribution in [0, 0.1) is 12.8 Å². The zero-order chi connectivity index (χ0) is 24.5. The van der Waals surface area contributed by atoms with Gasteiger partial charge in [-0.15, -0.1) is 10.2 Å². The van der Waals surface area contributed by atoms with Crippen LogP contribution >= 0.6 is 0 Å². The van der Waals surface area contributed by atoms with Gasteiger partial charge in [0.05, 0.1) is 26.2 Å². The second kappa shape index (κ2) is 9.63. The number of nitrogens with zero attached hydrogens (tertiary/aromatic N) is 3. The van der Waals surface area contributed by atoms with Gasteiger partial charge in [0, 0.05) is 24.2 Å². The Morgan fingerprint density at radius 1 is 0.912 bits per heavy atom. The Hall–Kier alpha value is -3.11. The number of aryl methyl sites for hydroxylation is 1. The van der Waals surface area contributed by atoms with Gasteiger partial charge in [-0.05, 0) is 55.5 Å². The highest BCUT2D eigenvalue weighted by atomic mass is 32.2. The molecule has 0 amide bonds. The molecule has 9 nitrogen and oxygen atoms in total. The van der Waals surface area contributed by atoms with Gasteiger partial charge >= 0.3 is 0 Å². The largest absolute Gasteiger partial charge is 0.493 e. The molecule has 0 aliphatic carbocycles. The summed E-state index contributed by atoms with van der Waals surface area (Å²) in [6.07, 6.45) is 1.72. The predicted octanol–water partition coefficient (Wildman–Crippen LogP) is 4.16. The third-order valence-electron chi connectivity index (χ3n) is 6.13. The lowest BCUT2D eigenvalue weighted by Crippen LogP contribution is -2.38. The molecule has 10 heteroatoms. The van der Waals surface area contributed by atoms with E-state index in [1.54, 1.807) is 41.6 Å². The normalized spacial score (nSPS) is 15.3. The molecule has 2 aromatic carbocycles. The first kappa shape index (κ1) is 24.0. The number of benzene rings is 2. The summed E-state index contributed by atoms with van der Waals surface area (Å²) in [6.45, 7) is 4.99. The van der Waals surface area contributed by atoms with E-state index in [0.717, 1.165) is 12.8 Å². The molecular formula is C24H29N3O6S. The number of sulfonamides is 1. The van der Waals surface area contributed by atoms with Crippen molar-refractivity contribution >= 4 is 10.0 Å². The van der Waals surface area contributed by atoms with Gasteiger partial charge in [0.2, 0.25) is 27.6 Å². The maximum atomic E-state index is 13.3. The molecule has 2 heterocycles. The summed E-state index contributed by atoms with van der Waals surface area (Å²) in [4.78, 5) is 0.257. The Bertz CT molecular complexity index is 1250. The first-order chi connectivity index (χ1) is 16.3. The monoisotopic (exact) mass is 487 g/mol. The Morgan fingerprint density at radius 3 is 2.06 bits per heavy atom. The van der Waals surface area contributed by atoms with Crippen LogP contribution in [0.4, 0.5) is 0 Å². The lowest BCUT2D eigenvalue weighted by Gasteiger charge is -2.29. The van der Waals surface area contributed by atoms with Crippen molar-refractivity contribution in [3.05, 3.63) is 35.9 Å². The molecule has 4 rings (SSSR count). The number of methoxy groups -OCH3 is 3. The second-order valence-corrected chi connectivity index (χ2v) is 10.3. The summed E-state index contributed by atoms with van der Waals surface area (Å²) in [5.41, 5.74) is 1.78. The van der Waals surface area contributed by atoms with Crippen molar-refractivity contribution in [2.75, 3.05) is 34.4 Å². The molecule has 0 spiro atoms. The van der Waals surface area contributed by atoms with Crippen LogP contribution < -0.4 is 14.2 Å². The molecule has 182 valence electrons. The molecule has 0 radical (unpaired) electrons. The van der Waals surface area contributed by atoms with Crippen LogP contribution in [0.1, 0.15) is 25.3 Å². The molecule has 1 aromatic heterocycles. The van der Waals surface area contributed by atoms with Gasteiger partial charge < -0.3 is 18.6 Å². The molecule has 0 N–H and O–H groups in total. The quantitative estimate of drug-likeness (QED) is 0.489. The SMILES string of the molecule is COc1cc(-c2nnc(-c3ccc(C)c(S(=O)(=O)N4CCC(C)CC4)c3)o2)cc(OC)c1OC. The van der Waals surface area contributed by atoms with E-state index in [2.05, 4.69) is 17.1 Å². The third kappa shape index (κ3) is 4.47. The molecule has 3 aromatic rings. The van der Waals surface area contributed by atoms with Crippen molar-refractivity contribution in [2.24, 2.45) is 5.92 Å². The molecule has 1 aliphatic rings. The smallest absolute Gasteiger partial charge is 0.248 e. The first-order valence-electron chi connectivity index (χ1n) is 11.0. The van der Waals surface area contributed by atoms with Crippen molar-refractivity contribution in [1.29, 1.82) is 0 Å². The average molecular weight is 488 g/mol. The predicted molar refractivity (Wildman–Crippen MR) is 127 cm³/mol. The molecule has 0 saturated carbocycles. The molecule has 0 unspecified atom stereocenters. The van der Waals surface area contributed by atoms with E-state index >= 15 is 0 Å². The number of aromatic nitrogens is 2. The second-order valence-electron chi connectivity index (χ2n) is 8.39. The Balaban J connectivity index is 1.69. The minimum atomic E-state index is -3.62. The lowest BCUT2D eigenvalue weighted by molar-refractivity contribution is 0.288. The van der Waals surface area contributed by atoms with Crippen LogP contribution in [0.15, 0.2) is 39.6 Å². The summed E-state index contributed by atoms with van der Waals surface area (Å²) in [6, 6.07) is 8.56. The van der Waals surface area contributed by atoms with E-state index in [1.165, 1.54) is 21.3 Å². The van der Waals surface area contributed by atoms with E-state index in [4.69, 9.17) is 18.6 Å². The van der Waals surface area contributed by atoms with Crippen molar-refractivity contribution in [3.63, 3.8) is 0 Å². The lowest BCUT2D eigenvalue weighted by atomic mass is 10.0. The minimum absolute atomic E-state index is 0.215. The van der Waals surface area contributed by atoms with Crippen LogP contribution in [-0.4, -0.2) is 57.3 Å². The van der Waals surface area contributed by atoms with E-state index in [-0.39, 0.29) is 16.7 Å². The van der Waals surface area contributed by atoms with E-state index in [0.29, 0.717) is 52.9 Å². The number of rotatable bonds is 7. The van der Waals surface area contributed by atoms with Gasteiger partial charge in [0.15, 0.2) is 11.5 Å². The summed E-state index contributed by atoms with van der Waals surface area (Å²) in [7, 11) is 0.956. The molecule has 1 saturated heterocycles. The summed E-state index contributed by atoms with van der Waals surface area (Å²) in [5, 5.41) is 8.31. The van der Waals surface area contributed by atoms with Gasteiger partial charge in [0.1, 0.15) is 0 Å². The van der Waals surface area contributed by atoms with Gasteiger partial charge in [-0.2, -0.15) is 4.31 Å². The highest BCUT2D eigenvalue weighted by Crippen LogP contribution is 2.41. The van der Waals surface area contributed by atoms with Crippen molar-refractivity contribution in [3.8, 4) is 40.2 Å². The fourth-order valence-electron chi connectivity index (χ4n) is 4.04. The number of hydrogen-bond acceptors (Lipinski definition) is 8. The van der Waals surface area contributed by atoms with Crippen LogP contribution in [0.2, 0.25) is 0 Å². The van der Waals surface area contributed by atoms with E-state index in [9.17, 15) is 8.42 Å². The minimum Gasteiger partial charge on any atom is -0.493 e. The van der Waals surface area contributed by atoms with Crippen molar-refractivity contribution in [1.82, 2.24) is 14.5 Å². The fraction of sp³-hybridized carbons (Fsp3) is 0.417. The van der Waals surface area contributed by atoms with Crippen LogP contribution in [0.3, 0.4) is 0 Å². The Labute approximate surface area is 199 Å². The molecule has 1 aliphatic heterocycles. The van der Waals surface area contributed by atoms with Crippen LogP contribution in [0.25, 0.3) is 22.9 Å². The standard InChI is InChI=1S/C24H29N3O6S/c1-15-8-10-27(11-9-15)34(28,29)21-14-17(7-6-16(21)2)23-25-26-24(33-23)18-12-19(30-3)22(32-5)20(13-18)31-4/h6-7,12-15H,8-11H2,1-5H3.